The Balaban J connectivity index is 2.61. The number of nitrogens with two attached hydrogens (primary N) is 1. The van der Waals surface area contributed by atoms with Gasteiger partial charge < -0.3 is 9.30 Å². The van der Waals surface area contributed by atoms with Crippen molar-refractivity contribution < 1.29 is 13.2 Å². The van der Waals surface area contributed by atoms with Crippen LogP contribution in [0.4, 0.5) is 0 Å². The molecule has 0 aliphatic heterocycles. The molecule has 0 aliphatic carbocycles. The molecular formula is C14H20N2O3S. The SMILES string of the molecule is CCCCCn1cc(S(N)(=O)=O)c2c(OC)cccc21. The summed E-state index contributed by atoms with van der Waals surface area (Å²) in [6, 6.07) is 5.48. The van der Waals surface area contributed by atoms with Crippen LogP contribution in [-0.2, 0) is 16.6 Å². The van der Waals surface area contributed by atoms with Gasteiger partial charge in [0.15, 0.2) is 0 Å². The topological polar surface area (TPSA) is 74.3 Å². The number of unbranched alkanes of at least 4 members (excludes halogenated alkanes) is 2. The third kappa shape index (κ3) is 2.81. The van der Waals surface area contributed by atoms with Crippen molar-refractivity contribution in [3.05, 3.63) is 24.4 Å². The van der Waals surface area contributed by atoms with E-state index < -0.39 is 10.0 Å². The zero-order valence-electron chi connectivity index (χ0n) is 11.8. The molecule has 0 amide bonds. The predicted molar refractivity (Wildman–Crippen MR) is 79.4 cm³/mol. The monoisotopic (exact) mass is 296 g/mol. The fraction of sp³-hybridized carbons (Fsp3) is 0.429. The number of hydrogen-bond donors (Lipinski definition) is 1. The first-order chi connectivity index (χ1) is 9.49. The van der Waals surface area contributed by atoms with E-state index in [1.807, 2.05) is 16.7 Å². The van der Waals surface area contributed by atoms with Gasteiger partial charge in [-0.3, -0.25) is 0 Å². The van der Waals surface area contributed by atoms with Gasteiger partial charge >= 0.3 is 0 Å². The molecule has 0 saturated carbocycles. The summed E-state index contributed by atoms with van der Waals surface area (Å²) in [4.78, 5) is 0.126. The van der Waals surface area contributed by atoms with Gasteiger partial charge in [0, 0.05) is 12.7 Å². The minimum Gasteiger partial charge on any atom is -0.496 e. The van der Waals surface area contributed by atoms with Crippen molar-refractivity contribution in [3.8, 4) is 5.75 Å². The molecule has 0 fully saturated rings. The number of sulfonamides is 1. The third-order valence-electron chi connectivity index (χ3n) is 3.36. The van der Waals surface area contributed by atoms with E-state index in [-0.39, 0.29) is 4.90 Å². The van der Waals surface area contributed by atoms with Crippen LogP contribution in [0.1, 0.15) is 26.2 Å². The fourth-order valence-electron chi connectivity index (χ4n) is 2.39. The van der Waals surface area contributed by atoms with Gasteiger partial charge in [0.25, 0.3) is 0 Å². The first-order valence-corrected chi connectivity index (χ1v) is 8.22. The molecule has 5 nitrogen and oxygen atoms in total. The summed E-state index contributed by atoms with van der Waals surface area (Å²) in [5, 5.41) is 5.88. The van der Waals surface area contributed by atoms with Crippen LogP contribution < -0.4 is 9.88 Å². The molecule has 0 bridgehead atoms. The average Bonchev–Trinajstić information content (AvgIpc) is 2.78. The van der Waals surface area contributed by atoms with Crippen LogP contribution in [0.3, 0.4) is 0 Å². The molecule has 0 radical (unpaired) electrons. The molecule has 110 valence electrons. The number of methoxy groups -OCH3 is 1. The van der Waals surface area contributed by atoms with Crippen LogP contribution in [0, 0.1) is 0 Å². The van der Waals surface area contributed by atoms with Gasteiger partial charge in [-0.05, 0) is 18.6 Å². The number of ether oxygens (including phenoxy) is 1. The van der Waals surface area contributed by atoms with Crippen LogP contribution >= 0.6 is 0 Å². The van der Waals surface area contributed by atoms with Gasteiger partial charge in [0.05, 0.1) is 18.0 Å². The minimum atomic E-state index is -3.77. The van der Waals surface area contributed by atoms with E-state index >= 15 is 0 Å². The fourth-order valence-corrected chi connectivity index (χ4v) is 3.15. The molecule has 0 atom stereocenters. The van der Waals surface area contributed by atoms with E-state index in [4.69, 9.17) is 9.88 Å². The Morgan fingerprint density at radius 3 is 2.65 bits per heavy atom. The largest absolute Gasteiger partial charge is 0.496 e. The van der Waals surface area contributed by atoms with E-state index in [1.54, 1.807) is 12.3 Å². The van der Waals surface area contributed by atoms with Gasteiger partial charge in [0.2, 0.25) is 10.0 Å². The van der Waals surface area contributed by atoms with Crippen molar-refractivity contribution in [2.45, 2.75) is 37.6 Å². The van der Waals surface area contributed by atoms with Crippen LogP contribution in [0.2, 0.25) is 0 Å². The van der Waals surface area contributed by atoms with Crippen molar-refractivity contribution in [2.75, 3.05) is 7.11 Å². The molecule has 2 aromatic rings. The van der Waals surface area contributed by atoms with Crippen LogP contribution in [0.15, 0.2) is 29.3 Å². The lowest BCUT2D eigenvalue weighted by molar-refractivity contribution is 0.419. The number of primary sulfonamides is 1. The summed E-state index contributed by atoms with van der Waals surface area (Å²) in [5.74, 6) is 0.528. The molecule has 6 heteroatoms. The van der Waals surface area contributed by atoms with Crippen molar-refractivity contribution >= 4 is 20.9 Å². The molecule has 0 aliphatic rings. The van der Waals surface area contributed by atoms with Gasteiger partial charge in [-0.25, -0.2) is 13.6 Å². The summed E-state index contributed by atoms with van der Waals surface area (Å²) in [6.07, 6.45) is 4.83. The molecule has 0 spiro atoms. The highest BCUT2D eigenvalue weighted by Crippen LogP contribution is 2.33. The van der Waals surface area contributed by atoms with Gasteiger partial charge in [-0.1, -0.05) is 25.8 Å². The predicted octanol–water partition coefficient (Wildman–Crippen LogP) is 2.49. The Morgan fingerprint density at radius 1 is 1.30 bits per heavy atom. The zero-order chi connectivity index (χ0) is 14.8. The Kier molecular flexibility index (Phi) is 4.35. The molecule has 1 aromatic heterocycles. The maximum atomic E-state index is 11.8. The molecule has 1 heterocycles. The summed E-state index contributed by atoms with van der Waals surface area (Å²) in [5.41, 5.74) is 0.837. The Bertz CT molecular complexity index is 705. The molecule has 20 heavy (non-hydrogen) atoms. The molecule has 2 N–H and O–H groups in total. The smallest absolute Gasteiger partial charge is 0.240 e. The molecule has 1 aromatic carbocycles. The molecular weight excluding hydrogens is 276 g/mol. The van der Waals surface area contributed by atoms with E-state index in [0.29, 0.717) is 11.1 Å². The Morgan fingerprint density at radius 2 is 2.05 bits per heavy atom. The number of fused-ring (bicyclic) bond motifs is 1. The van der Waals surface area contributed by atoms with Crippen LogP contribution in [-0.4, -0.2) is 20.1 Å². The second-order valence-electron chi connectivity index (χ2n) is 4.79. The summed E-state index contributed by atoms with van der Waals surface area (Å²) < 4.78 is 30.7. The molecule has 0 saturated heterocycles. The maximum absolute atomic E-state index is 11.8. The quantitative estimate of drug-likeness (QED) is 0.832. The molecule has 2 rings (SSSR count). The van der Waals surface area contributed by atoms with Crippen molar-refractivity contribution in [3.63, 3.8) is 0 Å². The highest BCUT2D eigenvalue weighted by atomic mass is 32.2. The number of rotatable bonds is 6. The number of aromatic nitrogens is 1. The van der Waals surface area contributed by atoms with Gasteiger partial charge in [-0.15, -0.1) is 0 Å². The first-order valence-electron chi connectivity index (χ1n) is 6.67. The van der Waals surface area contributed by atoms with Crippen LogP contribution in [0.5, 0.6) is 5.75 Å². The summed E-state index contributed by atoms with van der Waals surface area (Å²) >= 11 is 0. The zero-order valence-corrected chi connectivity index (χ0v) is 12.6. The lowest BCUT2D eigenvalue weighted by Gasteiger charge is -2.06. The first kappa shape index (κ1) is 14.9. The summed E-state index contributed by atoms with van der Waals surface area (Å²) in [7, 11) is -2.25. The normalized spacial score (nSPS) is 11.9. The molecule has 0 unspecified atom stereocenters. The standard InChI is InChI=1S/C14H20N2O3S/c1-3-4-5-9-16-10-13(20(15,17)18)14-11(16)7-6-8-12(14)19-2/h6-8,10H,3-5,9H2,1-2H3,(H2,15,17,18). The van der Waals surface area contributed by atoms with Gasteiger partial charge in [-0.2, -0.15) is 0 Å². The lowest BCUT2D eigenvalue weighted by Crippen LogP contribution is -2.11. The Hall–Kier alpha value is -1.53. The number of hydrogen-bond acceptors (Lipinski definition) is 3. The Labute approximate surface area is 119 Å². The highest BCUT2D eigenvalue weighted by molar-refractivity contribution is 7.89. The van der Waals surface area contributed by atoms with Crippen LogP contribution in [0.25, 0.3) is 10.9 Å². The average molecular weight is 296 g/mol. The number of benzene rings is 1. The second kappa shape index (κ2) is 5.85. The van der Waals surface area contributed by atoms with E-state index in [9.17, 15) is 8.42 Å². The third-order valence-corrected chi connectivity index (χ3v) is 4.28. The van der Waals surface area contributed by atoms with E-state index in [2.05, 4.69) is 6.92 Å². The van der Waals surface area contributed by atoms with Crippen molar-refractivity contribution in [2.24, 2.45) is 5.14 Å². The second-order valence-corrected chi connectivity index (χ2v) is 6.32. The van der Waals surface area contributed by atoms with E-state index in [0.717, 1.165) is 31.3 Å². The minimum absolute atomic E-state index is 0.126. The number of nitrogens with zero attached hydrogens (tertiary/aromatic N) is 1. The number of aryl methyl sites for hydroxylation is 1. The van der Waals surface area contributed by atoms with E-state index in [1.165, 1.54) is 7.11 Å². The van der Waals surface area contributed by atoms with Gasteiger partial charge in [0.1, 0.15) is 10.6 Å². The van der Waals surface area contributed by atoms with Crippen molar-refractivity contribution in [1.82, 2.24) is 4.57 Å². The maximum Gasteiger partial charge on any atom is 0.240 e. The lowest BCUT2D eigenvalue weighted by atomic mass is 10.2. The summed E-state index contributed by atoms with van der Waals surface area (Å²) in [6.45, 7) is 2.90. The highest BCUT2D eigenvalue weighted by Gasteiger charge is 2.20. The van der Waals surface area contributed by atoms with Crippen molar-refractivity contribution in [1.29, 1.82) is 0 Å².